The van der Waals surface area contributed by atoms with Crippen molar-refractivity contribution in [1.82, 2.24) is 25.3 Å². The van der Waals surface area contributed by atoms with Gasteiger partial charge in [-0.15, -0.1) is 15.3 Å². The van der Waals surface area contributed by atoms with Crippen LogP contribution < -0.4 is 4.90 Å². The molecule has 1 saturated heterocycles. The van der Waals surface area contributed by atoms with E-state index in [1.165, 1.54) is 19.3 Å². The Bertz CT molecular complexity index is 681. The van der Waals surface area contributed by atoms with Crippen molar-refractivity contribution >= 4 is 5.82 Å². The first-order chi connectivity index (χ1) is 11.7. The maximum absolute atomic E-state index is 5.79. The molecule has 0 N–H and O–H groups in total. The van der Waals surface area contributed by atoms with Crippen molar-refractivity contribution in [3.63, 3.8) is 0 Å². The smallest absolute Gasteiger partial charge is 0.230 e. The molecule has 1 atom stereocenters. The Morgan fingerprint density at radius 1 is 1.17 bits per heavy atom. The Labute approximate surface area is 142 Å². The summed E-state index contributed by atoms with van der Waals surface area (Å²) in [6, 6.07) is 4.54. The van der Waals surface area contributed by atoms with Crippen LogP contribution in [-0.4, -0.2) is 51.5 Å². The molecule has 128 valence electrons. The Balaban J connectivity index is 1.38. The van der Waals surface area contributed by atoms with Crippen LogP contribution in [0.5, 0.6) is 0 Å². The lowest BCUT2D eigenvalue weighted by Crippen LogP contribution is -2.46. The highest BCUT2D eigenvalue weighted by molar-refractivity contribution is 5.38. The molecular formula is C17H24N6O. The number of nitrogens with zero attached hydrogens (tertiary/aromatic N) is 6. The molecule has 0 unspecified atom stereocenters. The minimum absolute atomic E-state index is 0.457. The lowest BCUT2D eigenvalue weighted by Gasteiger charge is -2.37. The second kappa shape index (κ2) is 6.47. The molecule has 0 radical (unpaired) electrons. The normalized spacial score (nSPS) is 21.5. The number of aryl methyl sites for hydroxylation is 1. The van der Waals surface area contributed by atoms with E-state index < -0.39 is 0 Å². The highest BCUT2D eigenvalue weighted by Gasteiger charge is 2.30. The van der Waals surface area contributed by atoms with E-state index in [1.807, 2.05) is 13.0 Å². The lowest BCUT2D eigenvalue weighted by molar-refractivity contribution is 0.189. The Morgan fingerprint density at radius 3 is 2.79 bits per heavy atom. The standard InChI is InChI=1S/C17H24N6O/c1-12-5-8-15(19-18-12)23-9-3-4-14(10-23)22(2)11-16-20-21-17(24-16)13-6-7-13/h5,8,13-14H,3-4,6-7,9-11H2,1-2H3/t14-/m1/s1. The zero-order valence-corrected chi connectivity index (χ0v) is 14.4. The van der Waals surface area contributed by atoms with Crippen molar-refractivity contribution in [3.8, 4) is 0 Å². The number of hydrogen-bond acceptors (Lipinski definition) is 7. The molecule has 2 aliphatic rings. The summed E-state index contributed by atoms with van der Waals surface area (Å²) in [5, 5.41) is 16.9. The summed E-state index contributed by atoms with van der Waals surface area (Å²) in [4.78, 5) is 4.64. The van der Waals surface area contributed by atoms with E-state index in [9.17, 15) is 0 Å². The molecule has 0 spiro atoms. The third kappa shape index (κ3) is 3.40. The van der Waals surface area contributed by atoms with Crippen LogP contribution in [0, 0.1) is 6.92 Å². The average molecular weight is 328 g/mol. The highest BCUT2D eigenvalue weighted by atomic mass is 16.4. The number of anilines is 1. The minimum atomic E-state index is 0.457. The van der Waals surface area contributed by atoms with Crippen LogP contribution in [0.2, 0.25) is 0 Å². The zero-order valence-electron chi connectivity index (χ0n) is 14.4. The number of aromatic nitrogens is 4. The largest absolute Gasteiger partial charge is 0.424 e. The average Bonchev–Trinajstić information content (AvgIpc) is 3.35. The summed E-state index contributed by atoms with van der Waals surface area (Å²) in [5.74, 6) is 3.03. The second-order valence-corrected chi connectivity index (χ2v) is 7.00. The van der Waals surface area contributed by atoms with Crippen molar-refractivity contribution in [2.24, 2.45) is 0 Å². The maximum Gasteiger partial charge on any atom is 0.230 e. The van der Waals surface area contributed by atoms with Crippen LogP contribution >= 0.6 is 0 Å². The van der Waals surface area contributed by atoms with Gasteiger partial charge in [0.05, 0.1) is 12.2 Å². The third-order valence-electron chi connectivity index (χ3n) is 4.92. The fourth-order valence-corrected chi connectivity index (χ4v) is 3.25. The van der Waals surface area contributed by atoms with Gasteiger partial charge in [0.1, 0.15) is 0 Å². The van der Waals surface area contributed by atoms with Gasteiger partial charge in [0, 0.05) is 25.0 Å². The van der Waals surface area contributed by atoms with Gasteiger partial charge in [-0.05, 0) is 51.8 Å². The van der Waals surface area contributed by atoms with Crippen LogP contribution in [0.4, 0.5) is 5.82 Å². The molecule has 7 nitrogen and oxygen atoms in total. The van der Waals surface area contributed by atoms with Gasteiger partial charge in [0.25, 0.3) is 0 Å². The first-order valence-electron chi connectivity index (χ1n) is 8.77. The fraction of sp³-hybridized carbons (Fsp3) is 0.647. The van der Waals surface area contributed by atoms with Crippen molar-refractivity contribution < 1.29 is 4.42 Å². The molecule has 0 aromatic carbocycles. The summed E-state index contributed by atoms with van der Waals surface area (Å²) >= 11 is 0. The van der Waals surface area contributed by atoms with Crippen LogP contribution in [0.15, 0.2) is 16.5 Å². The van der Waals surface area contributed by atoms with Gasteiger partial charge in [-0.2, -0.15) is 5.10 Å². The van der Waals surface area contributed by atoms with Crippen molar-refractivity contribution in [2.45, 2.75) is 51.1 Å². The van der Waals surface area contributed by atoms with Crippen LogP contribution in [0.25, 0.3) is 0 Å². The Morgan fingerprint density at radius 2 is 2.04 bits per heavy atom. The molecule has 1 aliphatic heterocycles. The minimum Gasteiger partial charge on any atom is -0.424 e. The molecule has 2 aromatic rings. The molecule has 0 bridgehead atoms. The molecule has 24 heavy (non-hydrogen) atoms. The second-order valence-electron chi connectivity index (χ2n) is 7.00. The van der Waals surface area contributed by atoms with Crippen LogP contribution in [0.1, 0.15) is 49.1 Å². The number of rotatable bonds is 5. The number of hydrogen-bond donors (Lipinski definition) is 0. The van der Waals surface area contributed by atoms with Gasteiger partial charge >= 0.3 is 0 Å². The Kier molecular flexibility index (Phi) is 4.18. The molecule has 1 saturated carbocycles. The number of likely N-dealkylation sites (N-methyl/N-ethyl adjacent to an activating group) is 1. The SMILES string of the molecule is Cc1ccc(N2CCC[C@@H](N(C)Cc3nnc(C4CC4)o3)C2)nn1. The van der Waals surface area contributed by atoms with E-state index >= 15 is 0 Å². The van der Waals surface area contributed by atoms with E-state index in [0.29, 0.717) is 18.5 Å². The maximum atomic E-state index is 5.79. The van der Waals surface area contributed by atoms with Gasteiger partial charge in [0.2, 0.25) is 11.8 Å². The zero-order chi connectivity index (χ0) is 16.5. The molecule has 3 heterocycles. The lowest BCUT2D eigenvalue weighted by atomic mass is 10.0. The summed E-state index contributed by atoms with van der Waals surface area (Å²) in [6.45, 7) is 4.66. The number of piperidine rings is 1. The quantitative estimate of drug-likeness (QED) is 0.832. The molecule has 0 amide bonds. The van der Waals surface area contributed by atoms with Gasteiger partial charge < -0.3 is 9.32 Å². The summed E-state index contributed by atoms with van der Waals surface area (Å²) in [7, 11) is 2.13. The van der Waals surface area contributed by atoms with Crippen LogP contribution in [0.3, 0.4) is 0 Å². The first-order valence-corrected chi connectivity index (χ1v) is 8.77. The van der Waals surface area contributed by atoms with Crippen LogP contribution in [-0.2, 0) is 6.54 Å². The van der Waals surface area contributed by atoms with Gasteiger partial charge in [-0.1, -0.05) is 0 Å². The van der Waals surface area contributed by atoms with Gasteiger partial charge in [-0.3, -0.25) is 4.90 Å². The van der Waals surface area contributed by atoms with Gasteiger partial charge in [-0.25, -0.2) is 0 Å². The molecule has 2 aromatic heterocycles. The predicted octanol–water partition coefficient (Wildman–Crippen LogP) is 2.15. The predicted molar refractivity (Wildman–Crippen MR) is 89.7 cm³/mol. The summed E-state index contributed by atoms with van der Waals surface area (Å²) < 4.78 is 5.79. The van der Waals surface area contributed by atoms with Crippen molar-refractivity contribution in [1.29, 1.82) is 0 Å². The highest BCUT2D eigenvalue weighted by Crippen LogP contribution is 2.39. The van der Waals surface area contributed by atoms with E-state index in [-0.39, 0.29) is 0 Å². The summed E-state index contributed by atoms with van der Waals surface area (Å²) in [5.41, 5.74) is 0.951. The monoisotopic (exact) mass is 328 g/mol. The van der Waals surface area contributed by atoms with E-state index in [2.05, 4.69) is 43.3 Å². The topological polar surface area (TPSA) is 71.2 Å². The molecule has 4 rings (SSSR count). The molecular weight excluding hydrogens is 304 g/mol. The van der Waals surface area contributed by atoms with E-state index in [1.54, 1.807) is 0 Å². The molecule has 7 heteroatoms. The van der Waals surface area contributed by atoms with Gasteiger partial charge in [0.15, 0.2) is 5.82 Å². The summed E-state index contributed by atoms with van der Waals surface area (Å²) in [6.07, 6.45) is 4.71. The molecule has 1 aliphatic carbocycles. The first kappa shape index (κ1) is 15.5. The van der Waals surface area contributed by atoms with Crippen molar-refractivity contribution in [2.75, 3.05) is 25.0 Å². The Hall–Kier alpha value is -2.02. The van der Waals surface area contributed by atoms with E-state index in [4.69, 9.17) is 4.42 Å². The van der Waals surface area contributed by atoms with E-state index in [0.717, 1.165) is 42.8 Å². The third-order valence-corrected chi connectivity index (χ3v) is 4.92. The van der Waals surface area contributed by atoms with Crippen molar-refractivity contribution in [3.05, 3.63) is 29.6 Å². The fourth-order valence-electron chi connectivity index (χ4n) is 3.25. The molecule has 2 fully saturated rings.